The van der Waals surface area contributed by atoms with Crippen LogP contribution in [0.1, 0.15) is 22.3 Å². The number of nitriles is 1. The van der Waals surface area contributed by atoms with E-state index in [0.29, 0.717) is 34.3 Å². The molecule has 4 rings (SSSR count). The lowest BCUT2D eigenvalue weighted by Crippen LogP contribution is -2.26. The molecule has 1 atom stereocenters. The maximum Gasteiger partial charge on any atom is 0.416 e. The fraction of sp³-hybridized carbons (Fsp3) is 0.174. The SMILES string of the molecule is CN(C(=O)c1ccn2ncc(-c3ccc(C(F)(F)F)cc3)c2c1)C1=CCC(C#N)C=C1. The summed E-state index contributed by atoms with van der Waals surface area (Å²) in [6.45, 7) is 0. The highest BCUT2D eigenvalue weighted by atomic mass is 19.4. The molecule has 0 fully saturated rings. The second-order valence-corrected chi connectivity index (χ2v) is 7.20. The molecule has 0 aliphatic heterocycles. The van der Waals surface area contributed by atoms with Gasteiger partial charge in [-0.15, -0.1) is 0 Å². The van der Waals surface area contributed by atoms with Crippen LogP contribution in [0.4, 0.5) is 13.2 Å². The van der Waals surface area contributed by atoms with Crippen molar-refractivity contribution in [3.8, 4) is 17.2 Å². The van der Waals surface area contributed by atoms with Gasteiger partial charge in [0, 0.05) is 30.1 Å². The van der Waals surface area contributed by atoms with Crippen molar-refractivity contribution in [1.29, 1.82) is 5.26 Å². The molecular formula is C23H17F3N4O. The number of rotatable bonds is 3. The lowest BCUT2D eigenvalue weighted by atomic mass is 10.0. The minimum absolute atomic E-state index is 0.193. The number of carbonyl (C=O) groups excluding carboxylic acids is 1. The van der Waals surface area contributed by atoms with E-state index >= 15 is 0 Å². The van der Waals surface area contributed by atoms with E-state index in [0.717, 1.165) is 12.1 Å². The van der Waals surface area contributed by atoms with Gasteiger partial charge in [0.25, 0.3) is 5.91 Å². The van der Waals surface area contributed by atoms with Gasteiger partial charge < -0.3 is 4.90 Å². The zero-order chi connectivity index (χ0) is 22.2. The molecule has 1 aliphatic carbocycles. The summed E-state index contributed by atoms with van der Waals surface area (Å²) in [7, 11) is 1.66. The van der Waals surface area contributed by atoms with E-state index in [2.05, 4.69) is 11.2 Å². The Hall–Kier alpha value is -3.86. The topological polar surface area (TPSA) is 61.4 Å². The van der Waals surface area contributed by atoms with Gasteiger partial charge >= 0.3 is 6.18 Å². The molecule has 0 N–H and O–H groups in total. The molecule has 156 valence electrons. The van der Waals surface area contributed by atoms with Crippen LogP contribution in [0, 0.1) is 17.2 Å². The summed E-state index contributed by atoms with van der Waals surface area (Å²) in [6.07, 6.45) is 4.70. The quantitative estimate of drug-likeness (QED) is 0.592. The van der Waals surface area contributed by atoms with Gasteiger partial charge in [-0.1, -0.05) is 24.3 Å². The van der Waals surface area contributed by atoms with Gasteiger partial charge in [0.15, 0.2) is 0 Å². The average molecular weight is 422 g/mol. The Morgan fingerprint density at radius 1 is 1.26 bits per heavy atom. The first-order valence-electron chi connectivity index (χ1n) is 9.49. The fourth-order valence-corrected chi connectivity index (χ4v) is 3.44. The number of carbonyl (C=O) groups is 1. The molecule has 0 spiro atoms. The number of hydrogen-bond acceptors (Lipinski definition) is 3. The first-order valence-corrected chi connectivity index (χ1v) is 9.49. The molecule has 3 aromatic rings. The third-order valence-electron chi connectivity index (χ3n) is 5.23. The number of nitrogens with zero attached hydrogens (tertiary/aromatic N) is 4. The number of halogens is 3. The molecule has 31 heavy (non-hydrogen) atoms. The molecule has 8 heteroatoms. The van der Waals surface area contributed by atoms with Crippen LogP contribution in [0.15, 0.2) is 72.7 Å². The molecule has 2 aromatic heterocycles. The number of amides is 1. The van der Waals surface area contributed by atoms with Crippen molar-refractivity contribution in [3.63, 3.8) is 0 Å². The van der Waals surface area contributed by atoms with Crippen LogP contribution in [-0.4, -0.2) is 27.5 Å². The van der Waals surface area contributed by atoms with E-state index in [9.17, 15) is 18.0 Å². The number of likely N-dealkylation sites (N-methyl/N-ethyl adjacent to an activating group) is 1. The van der Waals surface area contributed by atoms with Gasteiger partial charge in [0.2, 0.25) is 0 Å². The summed E-state index contributed by atoms with van der Waals surface area (Å²) in [6, 6.07) is 10.3. The average Bonchev–Trinajstić information content (AvgIpc) is 3.21. The second-order valence-electron chi connectivity index (χ2n) is 7.20. The van der Waals surface area contributed by atoms with E-state index in [1.807, 2.05) is 6.08 Å². The maximum atomic E-state index is 13.0. The molecule has 0 bridgehead atoms. The minimum atomic E-state index is -4.40. The van der Waals surface area contributed by atoms with Gasteiger partial charge in [0.1, 0.15) is 0 Å². The van der Waals surface area contributed by atoms with Gasteiger partial charge in [-0.25, -0.2) is 4.52 Å². The lowest BCUT2D eigenvalue weighted by molar-refractivity contribution is -0.137. The number of hydrogen-bond donors (Lipinski definition) is 0. The zero-order valence-electron chi connectivity index (χ0n) is 16.5. The summed E-state index contributed by atoms with van der Waals surface area (Å²) in [5.74, 6) is -0.435. The Bertz CT molecular complexity index is 1250. The molecule has 1 amide bonds. The highest BCUT2D eigenvalue weighted by Gasteiger charge is 2.30. The van der Waals surface area contributed by atoms with Crippen molar-refractivity contribution in [1.82, 2.24) is 14.5 Å². The molecular weight excluding hydrogens is 405 g/mol. The summed E-state index contributed by atoms with van der Waals surface area (Å²) in [5.41, 5.74) is 2.20. The van der Waals surface area contributed by atoms with Crippen LogP contribution in [0.5, 0.6) is 0 Å². The third-order valence-corrected chi connectivity index (χ3v) is 5.23. The van der Waals surface area contributed by atoms with Crippen LogP contribution in [-0.2, 0) is 6.18 Å². The van der Waals surface area contributed by atoms with Gasteiger partial charge in [-0.3, -0.25) is 4.79 Å². The molecule has 0 saturated heterocycles. The lowest BCUT2D eigenvalue weighted by Gasteiger charge is -2.21. The van der Waals surface area contributed by atoms with E-state index in [1.165, 1.54) is 17.0 Å². The number of aromatic nitrogens is 2. The molecule has 1 unspecified atom stereocenters. The van der Waals surface area contributed by atoms with Crippen molar-refractivity contribution in [2.24, 2.45) is 5.92 Å². The summed E-state index contributed by atoms with van der Waals surface area (Å²) >= 11 is 0. The van der Waals surface area contributed by atoms with Gasteiger partial charge in [0.05, 0.1) is 29.3 Å². The Balaban J connectivity index is 1.64. The molecule has 2 heterocycles. The Morgan fingerprint density at radius 3 is 2.61 bits per heavy atom. The van der Waals surface area contributed by atoms with E-state index in [1.54, 1.807) is 48.2 Å². The van der Waals surface area contributed by atoms with Crippen molar-refractivity contribution >= 4 is 11.4 Å². The van der Waals surface area contributed by atoms with Gasteiger partial charge in [-0.2, -0.15) is 23.5 Å². The number of allylic oxidation sites excluding steroid dienone is 3. The van der Waals surface area contributed by atoms with Crippen molar-refractivity contribution in [2.45, 2.75) is 12.6 Å². The summed E-state index contributed by atoms with van der Waals surface area (Å²) in [5, 5.41) is 13.2. The standard InChI is InChI=1S/C23H17F3N4O/c1-29(19-8-2-15(13-27)3-9-19)22(31)17-10-11-30-21(12-17)20(14-28-30)16-4-6-18(7-5-16)23(24,25)26/h2,4-12,14-15H,3H2,1H3. The highest BCUT2D eigenvalue weighted by Crippen LogP contribution is 2.32. The smallest absolute Gasteiger partial charge is 0.312 e. The maximum absolute atomic E-state index is 13.0. The minimum Gasteiger partial charge on any atom is -0.312 e. The van der Waals surface area contributed by atoms with Crippen LogP contribution < -0.4 is 0 Å². The van der Waals surface area contributed by atoms with E-state index < -0.39 is 11.7 Å². The number of pyridine rings is 1. The summed E-state index contributed by atoms with van der Waals surface area (Å²) < 4.78 is 40.1. The van der Waals surface area contributed by atoms with Crippen LogP contribution in [0.3, 0.4) is 0 Å². The van der Waals surface area contributed by atoms with Crippen molar-refractivity contribution in [3.05, 3.63) is 83.8 Å². The molecule has 1 aliphatic rings. The normalized spacial score (nSPS) is 16.1. The van der Waals surface area contributed by atoms with Crippen LogP contribution >= 0.6 is 0 Å². The Morgan fingerprint density at radius 2 is 2.00 bits per heavy atom. The van der Waals surface area contributed by atoms with Crippen molar-refractivity contribution in [2.75, 3.05) is 7.05 Å². The Kier molecular flexibility index (Phi) is 5.11. The Labute approximate surface area is 176 Å². The molecule has 1 aromatic carbocycles. The van der Waals surface area contributed by atoms with Crippen molar-refractivity contribution < 1.29 is 18.0 Å². The fourth-order valence-electron chi connectivity index (χ4n) is 3.44. The van der Waals surface area contributed by atoms with Crippen LogP contribution in [0.2, 0.25) is 0 Å². The van der Waals surface area contributed by atoms with Gasteiger partial charge in [-0.05, 0) is 42.3 Å². The first-order chi connectivity index (χ1) is 14.8. The zero-order valence-corrected chi connectivity index (χ0v) is 16.5. The van der Waals surface area contributed by atoms with E-state index in [4.69, 9.17) is 5.26 Å². The van der Waals surface area contributed by atoms with Crippen LogP contribution in [0.25, 0.3) is 16.6 Å². The molecule has 0 radical (unpaired) electrons. The predicted octanol–water partition coefficient (Wildman–Crippen LogP) is 5.08. The monoisotopic (exact) mass is 422 g/mol. The molecule has 5 nitrogen and oxygen atoms in total. The van der Waals surface area contributed by atoms with E-state index in [-0.39, 0.29) is 11.8 Å². The number of benzene rings is 1. The number of alkyl halides is 3. The third kappa shape index (κ3) is 3.94. The molecule has 0 saturated carbocycles. The predicted molar refractivity (Wildman–Crippen MR) is 109 cm³/mol. The largest absolute Gasteiger partial charge is 0.416 e. The second kappa shape index (κ2) is 7.76. The highest BCUT2D eigenvalue weighted by molar-refractivity contribution is 5.97. The first kappa shape index (κ1) is 20.4. The summed E-state index contributed by atoms with van der Waals surface area (Å²) in [4.78, 5) is 14.5. The number of fused-ring (bicyclic) bond motifs is 1.